The Kier molecular flexibility index (Phi) is 7.04. The Morgan fingerprint density at radius 2 is 1.89 bits per heavy atom. The SMILES string of the molecule is Cc1ccc(CC(C)NC(=O)C2CCN(C(=O)/C=C/c3ccccc3)CC2)s1. The third-order valence-electron chi connectivity index (χ3n) is 5.09. The molecule has 1 saturated heterocycles. The topological polar surface area (TPSA) is 49.4 Å². The number of thiophene rings is 1. The zero-order valence-electron chi connectivity index (χ0n) is 16.6. The van der Waals surface area contributed by atoms with Gasteiger partial charge in [-0.3, -0.25) is 9.59 Å². The number of carbonyl (C=O) groups excluding carboxylic acids is 2. The molecule has 1 atom stereocenters. The monoisotopic (exact) mass is 396 g/mol. The van der Waals surface area contributed by atoms with Gasteiger partial charge in [0, 0.05) is 47.3 Å². The number of benzene rings is 1. The van der Waals surface area contributed by atoms with Gasteiger partial charge in [0.15, 0.2) is 0 Å². The first kappa shape index (κ1) is 20.3. The number of hydrogen-bond donors (Lipinski definition) is 1. The zero-order valence-corrected chi connectivity index (χ0v) is 17.4. The van der Waals surface area contributed by atoms with Crippen molar-refractivity contribution in [2.24, 2.45) is 5.92 Å². The average Bonchev–Trinajstić information content (AvgIpc) is 3.11. The minimum absolute atomic E-state index is 0.00493. The van der Waals surface area contributed by atoms with E-state index in [9.17, 15) is 9.59 Å². The van der Waals surface area contributed by atoms with Gasteiger partial charge in [0.2, 0.25) is 11.8 Å². The van der Waals surface area contributed by atoms with Crippen molar-refractivity contribution in [2.45, 2.75) is 39.2 Å². The number of rotatable bonds is 6. The smallest absolute Gasteiger partial charge is 0.246 e. The van der Waals surface area contributed by atoms with Gasteiger partial charge < -0.3 is 10.2 Å². The minimum atomic E-state index is -0.00493. The predicted octanol–water partition coefficient (Wildman–Crippen LogP) is 4.06. The third kappa shape index (κ3) is 5.80. The van der Waals surface area contributed by atoms with E-state index in [2.05, 4.69) is 31.3 Å². The van der Waals surface area contributed by atoms with Crippen molar-refractivity contribution in [3.05, 3.63) is 63.9 Å². The largest absolute Gasteiger partial charge is 0.353 e. The number of hydrogen-bond acceptors (Lipinski definition) is 3. The van der Waals surface area contributed by atoms with Crippen molar-refractivity contribution >= 4 is 29.2 Å². The van der Waals surface area contributed by atoms with Crippen LogP contribution in [0.2, 0.25) is 0 Å². The molecule has 2 heterocycles. The summed E-state index contributed by atoms with van der Waals surface area (Å²) in [5, 5.41) is 3.15. The maximum absolute atomic E-state index is 12.6. The summed E-state index contributed by atoms with van der Waals surface area (Å²) in [5.41, 5.74) is 1.01. The van der Waals surface area contributed by atoms with E-state index in [1.807, 2.05) is 41.3 Å². The standard InChI is InChI=1S/C23H28N2O2S/c1-17(16-21-10-8-18(2)28-21)24-23(27)20-12-14-25(15-13-20)22(26)11-9-19-6-4-3-5-7-19/h3-11,17,20H,12-16H2,1-2H3,(H,24,27)/b11-9+. The quantitative estimate of drug-likeness (QED) is 0.749. The molecule has 0 radical (unpaired) electrons. The number of carbonyl (C=O) groups is 2. The summed E-state index contributed by atoms with van der Waals surface area (Å²) in [6.45, 7) is 5.42. The fraction of sp³-hybridized carbons (Fsp3) is 0.391. The molecule has 1 aromatic heterocycles. The molecule has 1 fully saturated rings. The van der Waals surface area contributed by atoms with Crippen LogP contribution in [0.4, 0.5) is 0 Å². The molecule has 148 valence electrons. The summed E-state index contributed by atoms with van der Waals surface area (Å²) in [4.78, 5) is 29.4. The van der Waals surface area contributed by atoms with Gasteiger partial charge >= 0.3 is 0 Å². The van der Waals surface area contributed by atoms with E-state index < -0.39 is 0 Å². The molecule has 0 spiro atoms. The fourth-order valence-electron chi connectivity index (χ4n) is 3.51. The van der Waals surface area contributed by atoms with E-state index in [1.54, 1.807) is 17.4 Å². The summed E-state index contributed by atoms with van der Waals surface area (Å²) in [6.07, 6.45) is 5.78. The molecule has 28 heavy (non-hydrogen) atoms. The predicted molar refractivity (Wildman–Crippen MR) is 115 cm³/mol. The van der Waals surface area contributed by atoms with E-state index >= 15 is 0 Å². The molecule has 3 rings (SSSR count). The molecule has 4 nitrogen and oxygen atoms in total. The Morgan fingerprint density at radius 1 is 1.18 bits per heavy atom. The van der Waals surface area contributed by atoms with Gasteiger partial charge in [-0.05, 0) is 50.5 Å². The molecular weight excluding hydrogens is 368 g/mol. The lowest BCUT2D eigenvalue weighted by atomic mass is 9.95. The van der Waals surface area contributed by atoms with Crippen molar-refractivity contribution in [3.8, 4) is 0 Å². The van der Waals surface area contributed by atoms with Crippen LogP contribution in [0.3, 0.4) is 0 Å². The average molecular weight is 397 g/mol. The Balaban J connectivity index is 1.43. The Morgan fingerprint density at radius 3 is 2.54 bits per heavy atom. The first-order valence-electron chi connectivity index (χ1n) is 9.89. The van der Waals surface area contributed by atoms with Crippen LogP contribution in [-0.2, 0) is 16.0 Å². The molecule has 0 aliphatic carbocycles. The van der Waals surface area contributed by atoms with Gasteiger partial charge in [-0.25, -0.2) is 0 Å². The Hall–Kier alpha value is -2.40. The molecular formula is C23H28N2O2S. The highest BCUT2D eigenvalue weighted by Crippen LogP contribution is 2.20. The van der Waals surface area contributed by atoms with Crippen molar-refractivity contribution in [1.29, 1.82) is 0 Å². The summed E-state index contributed by atoms with van der Waals surface area (Å²) >= 11 is 1.78. The molecule has 5 heteroatoms. The normalized spacial score (nSPS) is 16.3. The first-order valence-corrected chi connectivity index (χ1v) is 10.7. The van der Waals surface area contributed by atoms with Crippen LogP contribution in [0.25, 0.3) is 6.08 Å². The van der Waals surface area contributed by atoms with Gasteiger partial charge in [0.05, 0.1) is 0 Å². The Bertz CT molecular complexity index is 820. The lowest BCUT2D eigenvalue weighted by Crippen LogP contribution is -2.44. The van der Waals surface area contributed by atoms with Crippen LogP contribution in [0.5, 0.6) is 0 Å². The maximum atomic E-state index is 12.6. The van der Waals surface area contributed by atoms with E-state index in [1.165, 1.54) is 9.75 Å². The molecule has 2 aromatic rings. The third-order valence-corrected chi connectivity index (χ3v) is 6.11. The van der Waals surface area contributed by atoms with E-state index in [4.69, 9.17) is 0 Å². The van der Waals surface area contributed by atoms with Crippen molar-refractivity contribution in [3.63, 3.8) is 0 Å². The lowest BCUT2D eigenvalue weighted by molar-refractivity contribution is -0.132. The second kappa shape index (κ2) is 9.69. The van der Waals surface area contributed by atoms with Crippen LogP contribution in [-0.4, -0.2) is 35.8 Å². The summed E-state index contributed by atoms with van der Waals surface area (Å²) in [7, 11) is 0. The van der Waals surface area contributed by atoms with E-state index in [-0.39, 0.29) is 23.8 Å². The summed E-state index contributed by atoms with van der Waals surface area (Å²) < 4.78 is 0. The van der Waals surface area contributed by atoms with Crippen LogP contribution in [0.15, 0.2) is 48.5 Å². The fourth-order valence-corrected chi connectivity index (χ4v) is 4.53. The van der Waals surface area contributed by atoms with Gasteiger partial charge in [-0.15, -0.1) is 11.3 Å². The number of piperidine rings is 1. The summed E-state index contributed by atoms with van der Waals surface area (Å²) in [6, 6.07) is 14.2. The van der Waals surface area contributed by atoms with Gasteiger partial charge in [-0.2, -0.15) is 0 Å². The molecule has 1 aromatic carbocycles. The Labute approximate surface area is 171 Å². The number of likely N-dealkylation sites (tertiary alicyclic amines) is 1. The number of nitrogens with zero attached hydrogens (tertiary/aromatic N) is 1. The highest BCUT2D eigenvalue weighted by molar-refractivity contribution is 7.11. The van der Waals surface area contributed by atoms with Gasteiger partial charge in [0.25, 0.3) is 0 Å². The van der Waals surface area contributed by atoms with Crippen molar-refractivity contribution < 1.29 is 9.59 Å². The zero-order chi connectivity index (χ0) is 19.9. The maximum Gasteiger partial charge on any atom is 0.246 e. The van der Waals surface area contributed by atoms with Gasteiger partial charge in [-0.1, -0.05) is 30.3 Å². The van der Waals surface area contributed by atoms with Gasteiger partial charge in [0.1, 0.15) is 0 Å². The minimum Gasteiger partial charge on any atom is -0.353 e. The highest BCUT2D eigenvalue weighted by Gasteiger charge is 2.27. The molecule has 0 bridgehead atoms. The summed E-state index contributed by atoms with van der Waals surface area (Å²) in [5.74, 6) is 0.131. The van der Waals surface area contributed by atoms with E-state index in [0.717, 1.165) is 24.8 Å². The lowest BCUT2D eigenvalue weighted by Gasteiger charge is -2.31. The molecule has 1 N–H and O–H groups in total. The number of nitrogens with one attached hydrogen (secondary N) is 1. The first-order chi connectivity index (χ1) is 13.5. The highest BCUT2D eigenvalue weighted by atomic mass is 32.1. The number of amides is 2. The molecule has 2 amide bonds. The van der Waals surface area contributed by atoms with Crippen LogP contribution < -0.4 is 5.32 Å². The van der Waals surface area contributed by atoms with Crippen LogP contribution in [0, 0.1) is 12.8 Å². The molecule has 1 aliphatic rings. The van der Waals surface area contributed by atoms with E-state index in [0.29, 0.717) is 13.1 Å². The van der Waals surface area contributed by atoms with Crippen molar-refractivity contribution in [1.82, 2.24) is 10.2 Å². The molecule has 1 unspecified atom stereocenters. The molecule has 0 saturated carbocycles. The van der Waals surface area contributed by atoms with Crippen LogP contribution >= 0.6 is 11.3 Å². The second-order valence-electron chi connectivity index (χ2n) is 7.47. The molecule has 1 aliphatic heterocycles. The van der Waals surface area contributed by atoms with Crippen LogP contribution in [0.1, 0.15) is 35.1 Å². The number of aryl methyl sites for hydroxylation is 1. The van der Waals surface area contributed by atoms with Crippen molar-refractivity contribution in [2.75, 3.05) is 13.1 Å². The second-order valence-corrected chi connectivity index (χ2v) is 8.84.